The third-order valence-corrected chi connectivity index (χ3v) is 4.84. The number of nitrogens with two attached hydrogens (primary N) is 1. The van der Waals surface area contributed by atoms with Gasteiger partial charge >= 0.3 is 0 Å². The number of halogens is 2. The third-order valence-electron chi connectivity index (χ3n) is 3.24. The Morgan fingerprint density at radius 1 is 1.35 bits per heavy atom. The molecule has 0 aromatic heterocycles. The van der Waals surface area contributed by atoms with Gasteiger partial charge in [-0.05, 0) is 43.2 Å². The molecule has 1 saturated heterocycles. The van der Waals surface area contributed by atoms with Crippen molar-refractivity contribution in [2.75, 3.05) is 5.75 Å². The van der Waals surface area contributed by atoms with E-state index in [4.69, 9.17) is 5.84 Å². The Balaban J connectivity index is 2.34. The molecule has 0 spiro atoms. The first-order valence-corrected chi connectivity index (χ1v) is 6.60. The molecule has 0 bridgehead atoms. The highest BCUT2D eigenvalue weighted by Crippen LogP contribution is 2.46. The van der Waals surface area contributed by atoms with E-state index in [1.165, 1.54) is 12.1 Å². The van der Waals surface area contributed by atoms with Gasteiger partial charge in [-0.3, -0.25) is 11.3 Å². The van der Waals surface area contributed by atoms with E-state index in [2.05, 4.69) is 12.3 Å². The molecule has 0 amide bonds. The summed E-state index contributed by atoms with van der Waals surface area (Å²) in [7, 11) is 0. The first kappa shape index (κ1) is 12.8. The second kappa shape index (κ2) is 4.92. The van der Waals surface area contributed by atoms with Gasteiger partial charge in [0.25, 0.3) is 0 Å². The number of hydrogen-bond acceptors (Lipinski definition) is 3. The molecular formula is C12H16F2N2S. The Morgan fingerprint density at radius 3 is 2.47 bits per heavy atom. The van der Waals surface area contributed by atoms with Crippen LogP contribution < -0.4 is 11.3 Å². The molecular weight excluding hydrogens is 242 g/mol. The number of hydrogen-bond donors (Lipinski definition) is 2. The number of hydrazine groups is 1. The van der Waals surface area contributed by atoms with E-state index in [-0.39, 0.29) is 10.8 Å². The molecule has 3 N–H and O–H groups in total. The van der Waals surface area contributed by atoms with Crippen LogP contribution in [0.2, 0.25) is 0 Å². The zero-order chi connectivity index (χ0) is 12.5. The second-order valence-corrected chi connectivity index (χ2v) is 6.20. The van der Waals surface area contributed by atoms with Crippen LogP contribution >= 0.6 is 11.8 Å². The van der Waals surface area contributed by atoms with Crippen molar-refractivity contribution in [3.63, 3.8) is 0 Å². The molecule has 1 aliphatic heterocycles. The molecule has 1 aliphatic rings. The molecule has 1 aromatic carbocycles. The van der Waals surface area contributed by atoms with Gasteiger partial charge in [-0.1, -0.05) is 0 Å². The van der Waals surface area contributed by atoms with Crippen LogP contribution in [-0.4, -0.2) is 10.5 Å². The standard InChI is InChI=1S/C12H16F2N2S/c1-12(3-2-4-17-12)11(16-15)8-5-9(13)7-10(14)6-8/h5-7,11,16H,2-4,15H2,1H3. The summed E-state index contributed by atoms with van der Waals surface area (Å²) in [5, 5.41) is 0. The van der Waals surface area contributed by atoms with Crippen molar-refractivity contribution in [1.29, 1.82) is 0 Å². The van der Waals surface area contributed by atoms with Crippen molar-refractivity contribution >= 4 is 11.8 Å². The van der Waals surface area contributed by atoms with Crippen LogP contribution in [0.4, 0.5) is 8.78 Å². The van der Waals surface area contributed by atoms with Gasteiger partial charge in [0.2, 0.25) is 0 Å². The van der Waals surface area contributed by atoms with Gasteiger partial charge in [-0.25, -0.2) is 8.78 Å². The Bertz CT molecular complexity index is 385. The molecule has 2 unspecified atom stereocenters. The maximum absolute atomic E-state index is 13.2. The van der Waals surface area contributed by atoms with Crippen molar-refractivity contribution in [3.8, 4) is 0 Å². The van der Waals surface area contributed by atoms with E-state index in [1.54, 1.807) is 11.8 Å². The molecule has 17 heavy (non-hydrogen) atoms. The van der Waals surface area contributed by atoms with Crippen LogP contribution in [0, 0.1) is 11.6 Å². The molecule has 2 nitrogen and oxygen atoms in total. The van der Waals surface area contributed by atoms with E-state index in [9.17, 15) is 8.78 Å². The van der Waals surface area contributed by atoms with Crippen molar-refractivity contribution in [1.82, 2.24) is 5.43 Å². The van der Waals surface area contributed by atoms with E-state index in [0.717, 1.165) is 24.7 Å². The average Bonchev–Trinajstić information content (AvgIpc) is 2.65. The lowest BCUT2D eigenvalue weighted by atomic mass is 9.90. The summed E-state index contributed by atoms with van der Waals surface area (Å²) in [5.74, 6) is 5.50. The van der Waals surface area contributed by atoms with Gasteiger partial charge in [-0.15, -0.1) is 0 Å². The monoisotopic (exact) mass is 258 g/mol. The van der Waals surface area contributed by atoms with Gasteiger partial charge in [-0.2, -0.15) is 11.8 Å². The zero-order valence-electron chi connectivity index (χ0n) is 9.67. The minimum Gasteiger partial charge on any atom is -0.271 e. The molecule has 1 fully saturated rings. The van der Waals surface area contributed by atoms with Gasteiger partial charge in [0.1, 0.15) is 11.6 Å². The summed E-state index contributed by atoms with van der Waals surface area (Å²) in [5.41, 5.74) is 3.27. The molecule has 1 aromatic rings. The summed E-state index contributed by atoms with van der Waals surface area (Å²) in [4.78, 5) is 0. The van der Waals surface area contributed by atoms with Gasteiger partial charge in [0, 0.05) is 10.8 Å². The topological polar surface area (TPSA) is 38.0 Å². The lowest BCUT2D eigenvalue weighted by Crippen LogP contribution is -2.41. The fourth-order valence-corrected chi connectivity index (χ4v) is 3.81. The Labute approximate surface area is 104 Å². The summed E-state index contributed by atoms with van der Waals surface area (Å²) < 4.78 is 26.3. The van der Waals surface area contributed by atoms with Crippen LogP contribution in [0.25, 0.3) is 0 Å². The highest BCUT2D eigenvalue weighted by molar-refractivity contribution is 8.00. The zero-order valence-corrected chi connectivity index (χ0v) is 10.5. The molecule has 5 heteroatoms. The smallest absolute Gasteiger partial charge is 0.126 e. The van der Waals surface area contributed by atoms with Crippen LogP contribution in [0.1, 0.15) is 31.4 Å². The number of benzene rings is 1. The van der Waals surface area contributed by atoms with Crippen molar-refractivity contribution in [2.45, 2.75) is 30.6 Å². The van der Waals surface area contributed by atoms with Gasteiger partial charge in [0.05, 0.1) is 6.04 Å². The summed E-state index contributed by atoms with van der Waals surface area (Å²) >= 11 is 1.80. The van der Waals surface area contributed by atoms with Gasteiger partial charge in [0.15, 0.2) is 0 Å². The summed E-state index contributed by atoms with van der Waals surface area (Å²) in [6.07, 6.45) is 2.10. The average molecular weight is 258 g/mol. The Hall–Kier alpha value is -0.650. The molecule has 0 saturated carbocycles. The van der Waals surface area contributed by atoms with Gasteiger partial charge < -0.3 is 0 Å². The minimum absolute atomic E-state index is 0.102. The molecule has 2 rings (SSSR count). The van der Waals surface area contributed by atoms with E-state index in [1.807, 2.05) is 0 Å². The molecule has 2 atom stereocenters. The summed E-state index contributed by atoms with van der Waals surface area (Å²) in [6, 6.07) is 3.33. The largest absolute Gasteiger partial charge is 0.271 e. The fourth-order valence-electron chi connectivity index (χ4n) is 2.40. The third kappa shape index (κ3) is 2.61. The Kier molecular flexibility index (Phi) is 3.70. The van der Waals surface area contributed by atoms with Crippen LogP contribution in [0.5, 0.6) is 0 Å². The van der Waals surface area contributed by atoms with Crippen molar-refractivity contribution < 1.29 is 8.78 Å². The number of thioether (sulfide) groups is 1. The maximum atomic E-state index is 13.2. The predicted molar refractivity (Wildman–Crippen MR) is 66.5 cm³/mol. The maximum Gasteiger partial charge on any atom is 0.126 e. The van der Waals surface area contributed by atoms with Crippen molar-refractivity contribution in [3.05, 3.63) is 35.4 Å². The SMILES string of the molecule is CC1(C(NN)c2cc(F)cc(F)c2)CCCS1. The quantitative estimate of drug-likeness (QED) is 0.646. The molecule has 0 radical (unpaired) electrons. The van der Waals surface area contributed by atoms with Crippen molar-refractivity contribution in [2.24, 2.45) is 5.84 Å². The number of rotatable bonds is 3. The normalized spacial score (nSPS) is 26.1. The first-order chi connectivity index (χ1) is 8.05. The second-order valence-electron chi connectivity index (χ2n) is 4.57. The minimum atomic E-state index is -0.563. The lowest BCUT2D eigenvalue weighted by Gasteiger charge is -2.33. The molecule has 94 valence electrons. The van der Waals surface area contributed by atoms with E-state index in [0.29, 0.717) is 5.56 Å². The highest BCUT2D eigenvalue weighted by Gasteiger charge is 2.38. The Morgan fingerprint density at radius 2 is 2.00 bits per heavy atom. The van der Waals surface area contributed by atoms with E-state index >= 15 is 0 Å². The first-order valence-electron chi connectivity index (χ1n) is 5.61. The van der Waals surface area contributed by atoms with E-state index < -0.39 is 11.6 Å². The molecule has 0 aliphatic carbocycles. The van der Waals surface area contributed by atoms with Crippen LogP contribution in [0.15, 0.2) is 18.2 Å². The van der Waals surface area contributed by atoms with Crippen LogP contribution in [-0.2, 0) is 0 Å². The lowest BCUT2D eigenvalue weighted by molar-refractivity contribution is 0.417. The fraction of sp³-hybridized carbons (Fsp3) is 0.500. The predicted octanol–water partition coefficient (Wildman–Crippen LogP) is 2.75. The van der Waals surface area contributed by atoms with Crippen LogP contribution in [0.3, 0.4) is 0 Å². The molecule has 1 heterocycles. The summed E-state index contributed by atoms with van der Waals surface area (Å²) in [6.45, 7) is 2.08. The highest BCUT2D eigenvalue weighted by atomic mass is 32.2. The number of nitrogens with one attached hydrogen (secondary N) is 1.